The number of carbonyl (C=O) groups excluding carboxylic acids is 4. The lowest BCUT2D eigenvalue weighted by Crippen LogP contribution is -2.54. The summed E-state index contributed by atoms with van der Waals surface area (Å²) in [5.74, 6) is -2.08. The molecule has 1 heterocycles. The molecule has 2 atom stereocenters. The highest BCUT2D eigenvalue weighted by Crippen LogP contribution is 2.44. The van der Waals surface area contributed by atoms with Gasteiger partial charge in [0.05, 0.1) is 13.2 Å². The van der Waals surface area contributed by atoms with Crippen LogP contribution in [0, 0.1) is 0 Å². The Kier molecular flexibility index (Phi) is 6.44. The van der Waals surface area contributed by atoms with E-state index in [1.807, 2.05) is 36.4 Å². The van der Waals surface area contributed by atoms with E-state index in [9.17, 15) is 19.2 Å². The molecule has 1 N–H and O–H groups in total. The molecular weight excluding hydrogens is 424 g/mol. The van der Waals surface area contributed by atoms with Gasteiger partial charge in [-0.2, -0.15) is 0 Å². The van der Waals surface area contributed by atoms with E-state index in [1.54, 1.807) is 0 Å². The predicted octanol–water partition coefficient (Wildman–Crippen LogP) is 2.65. The molecule has 33 heavy (non-hydrogen) atoms. The molecule has 1 fully saturated rings. The van der Waals surface area contributed by atoms with Crippen LogP contribution >= 0.6 is 0 Å². The Balaban J connectivity index is 1.48. The maximum absolute atomic E-state index is 13.0. The normalized spacial score (nSPS) is 17.6. The second kappa shape index (κ2) is 9.44. The fourth-order valence-corrected chi connectivity index (χ4v) is 4.72. The molecule has 0 radical (unpaired) electrons. The average Bonchev–Trinajstić information content (AvgIpc) is 3.43. The van der Waals surface area contributed by atoms with Crippen molar-refractivity contribution in [3.63, 3.8) is 0 Å². The number of methoxy groups -OCH3 is 1. The van der Waals surface area contributed by atoms with Gasteiger partial charge < -0.3 is 14.8 Å². The number of carbonyl (C=O) groups is 4. The summed E-state index contributed by atoms with van der Waals surface area (Å²) < 4.78 is 10.3. The number of benzene rings is 2. The molecule has 2 amide bonds. The van der Waals surface area contributed by atoms with Crippen molar-refractivity contribution in [1.29, 1.82) is 0 Å². The third-order valence-electron chi connectivity index (χ3n) is 6.22. The number of esters is 1. The summed E-state index contributed by atoms with van der Waals surface area (Å²) in [5.41, 5.74) is 4.44. The minimum absolute atomic E-state index is 0.0969. The van der Waals surface area contributed by atoms with Gasteiger partial charge in [0, 0.05) is 19.4 Å². The zero-order chi connectivity index (χ0) is 23.5. The van der Waals surface area contributed by atoms with Crippen molar-refractivity contribution in [3.05, 3.63) is 59.7 Å². The number of fused-ring (bicyclic) bond motifs is 3. The van der Waals surface area contributed by atoms with Gasteiger partial charge in [0.1, 0.15) is 6.61 Å². The summed E-state index contributed by atoms with van der Waals surface area (Å²) in [5, 5.41) is 2.32. The molecule has 0 saturated carbocycles. The van der Waals surface area contributed by atoms with Gasteiger partial charge in [-0.1, -0.05) is 48.5 Å². The van der Waals surface area contributed by atoms with E-state index in [4.69, 9.17) is 4.74 Å². The summed E-state index contributed by atoms with van der Waals surface area (Å²) in [7, 11) is 1.14. The van der Waals surface area contributed by atoms with Crippen molar-refractivity contribution in [2.24, 2.45) is 0 Å². The number of nitrogens with one attached hydrogen (secondary N) is 1. The van der Waals surface area contributed by atoms with Gasteiger partial charge in [0.2, 0.25) is 5.91 Å². The van der Waals surface area contributed by atoms with Crippen LogP contribution in [0.4, 0.5) is 4.79 Å². The van der Waals surface area contributed by atoms with E-state index in [2.05, 4.69) is 22.2 Å². The molecule has 2 aliphatic rings. The topological polar surface area (TPSA) is 102 Å². The lowest BCUT2D eigenvalue weighted by atomic mass is 9.98. The molecule has 1 saturated heterocycles. The lowest BCUT2D eigenvalue weighted by molar-refractivity contribution is -0.149. The van der Waals surface area contributed by atoms with Crippen LogP contribution < -0.4 is 5.32 Å². The molecular formula is C25H26N2O6. The lowest BCUT2D eigenvalue weighted by Gasteiger charge is -2.26. The summed E-state index contributed by atoms with van der Waals surface area (Å²) in [6.45, 7) is 1.68. The third-order valence-corrected chi connectivity index (χ3v) is 6.22. The van der Waals surface area contributed by atoms with E-state index in [0.29, 0.717) is 19.4 Å². The van der Waals surface area contributed by atoms with Gasteiger partial charge >= 0.3 is 12.1 Å². The third kappa shape index (κ3) is 4.33. The Morgan fingerprint density at radius 3 is 2.21 bits per heavy atom. The van der Waals surface area contributed by atoms with E-state index >= 15 is 0 Å². The first-order chi connectivity index (χ1) is 15.9. The SMILES string of the molecule is COC(=O)C(NC(C)=O)C(=O)[C@@H]1CCCN1C(=O)OCC1c2ccccc2-c2ccccc21. The first-order valence-corrected chi connectivity index (χ1v) is 10.9. The number of hydrogen-bond acceptors (Lipinski definition) is 6. The maximum Gasteiger partial charge on any atom is 0.410 e. The predicted molar refractivity (Wildman–Crippen MR) is 119 cm³/mol. The van der Waals surface area contributed by atoms with Crippen LogP contribution in [0.2, 0.25) is 0 Å². The highest BCUT2D eigenvalue weighted by atomic mass is 16.6. The molecule has 4 rings (SSSR count). The molecule has 1 aliphatic heterocycles. The first-order valence-electron chi connectivity index (χ1n) is 10.9. The second-order valence-electron chi connectivity index (χ2n) is 8.21. The molecule has 8 nitrogen and oxygen atoms in total. The van der Waals surface area contributed by atoms with E-state index in [0.717, 1.165) is 29.4 Å². The number of Topliss-reactive ketones (excluding diaryl/α,β-unsaturated/α-hetero) is 1. The summed E-state index contributed by atoms with van der Waals surface area (Å²) >= 11 is 0. The Labute approximate surface area is 191 Å². The molecule has 0 bridgehead atoms. The molecule has 172 valence electrons. The number of likely N-dealkylation sites (tertiary alicyclic amines) is 1. The molecule has 1 unspecified atom stereocenters. The smallest absolute Gasteiger partial charge is 0.410 e. The van der Waals surface area contributed by atoms with Crippen molar-refractivity contribution in [3.8, 4) is 11.1 Å². The number of amides is 2. The summed E-state index contributed by atoms with van der Waals surface area (Å²) in [6, 6.07) is 13.7. The maximum atomic E-state index is 13.0. The Morgan fingerprint density at radius 2 is 1.64 bits per heavy atom. The van der Waals surface area contributed by atoms with E-state index < -0.39 is 35.8 Å². The minimum atomic E-state index is -1.46. The number of hydrogen-bond donors (Lipinski definition) is 1. The molecule has 2 aromatic carbocycles. The first kappa shape index (κ1) is 22.5. The summed E-state index contributed by atoms with van der Waals surface area (Å²) in [6.07, 6.45) is 0.365. The van der Waals surface area contributed by atoms with Crippen LogP contribution in [0.15, 0.2) is 48.5 Å². The average molecular weight is 450 g/mol. The minimum Gasteiger partial charge on any atom is -0.467 e. The molecule has 0 spiro atoms. The monoisotopic (exact) mass is 450 g/mol. The highest BCUT2D eigenvalue weighted by molar-refractivity contribution is 6.08. The van der Waals surface area contributed by atoms with Gasteiger partial charge in [0.15, 0.2) is 11.8 Å². The van der Waals surface area contributed by atoms with Gasteiger partial charge in [-0.3, -0.25) is 14.5 Å². The van der Waals surface area contributed by atoms with Crippen LogP contribution in [0.5, 0.6) is 0 Å². The van der Waals surface area contributed by atoms with E-state index in [-0.39, 0.29) is 12.5 Å². The summed E-state index contributed by atoms with van der Waals surface area (Å²) in [4.78, 5) is 50.9. The quantitative estimate of drug-likeness (QED) is 0.536. The van der Waals surface area contributed by atoms with Crippen molar-refractivity contribution in [2.75, 3.05) is 20.3 Å². The number of nitrogens with zero attached hydrogens (tertiary/aromatic N) is 1. The Hall–Kier alpha value is -3.68. The highest BCUT2D eigenvalue weighted by Gasteiger charge is 2.42. The van der Waals surface area contributed by atoms with Crippen molar-refractivity contribution < 1.29 is 28.7 Å². The van der Waals surface area contributed by atoms with E-state index in [1.165, 1.54) is 11.8 Å². The molecule has 2 aromatic rings. The number of rotatable bonds is 6. The van der Waals surface area contributed by atoms with Crippen LogP contribution in [0.3, 0.4) is 0 Å². The second-order valence-corrected chi connectivity index (χ2v) is 8.21. The number of ether oxygens (including phenoxy) is 2. The molecule has 8 heteroatoms. The standard InChI is InChI=1S/C25H26N2O6/c1-15(28)26-22(24(30)32-2)23(29)21-12-7-13-27(21)25(31)33-14-20-18-10-5-3-8-16(18)17-9-4-6-11-19(17)20/h3-6,8-11,20-22H,7,12-14H2,1-2H3,(H,26,28)/t21-,22?/m0/s1. The fraction of sp³-hybridized carbons (Fsp3) is 0.360. The van der Waals surface area contributed by atoms with Crippen molar-refractivity contribution in [1.82, 2.24) is 10.2 Å². The van der Waals surface area contributed by atoms with Gasteiger partial charge in [-0.25, -0.2) is 9.59 Å². The van der Waals surface area contributed by atoms with Gasteiger partial charge in [-0.15, -0.1) is 0 Å². The van der Waals surface area contributed by atoms with Gasteiger partial charge in [0.25, 0.3) is 0 Å². The van der Waals surface area contributed by atoms with Gasteiger partial charge in [-0.05, 0) is 35.1 Å². The zero-order valence-corrected chi connectivity index (χ0v) is 18.6. The Morgan fingerprint density at radius 1 is 1.03 bits per heavy atom. The zero-order valence-electron chi connectivity index (χ0n) is 18.6. The van der Waals surface area contributed by atoms with Crippen LogP contribution in [0.25, 0.3) is 11.1 Å². The molecule has 0 aromatic heterocycles. The largest absolute Gasteiger partial charge is 0.467 e. The molecule has 1 aliphatic carbocycles. The number of ketones is 1. The fourth-order valence-electron chi connectivity index (χ4n) is 4.72. The van der Waals surface area contributed by atoms with Crippen LogP contribution in [-0.4, -0.2) is 61.0 Å². The van der Waals surface area contributed by atoms with Crippen LogP contribution in [0.1, 0.15) is 36.8 Å². The van der Waals surface area contributed by atoms with Crippen molar-refractivity contribution >= 4 is 23.8 Å². The Bertz CT molecular complexity index is 1050. The van der Waals surface area contributed by atoms with Crippen molar-refractivity contribution in [2.45, 2.75) is 37.8 Å². The van der Waals surface area contributed by atoms with Crippen LogP contribution in [-0.2, 0) is 23.9 Å².